The van der Waals surface area contributed by atoms with Crippen LogP contribution in [0.2, 0.25) is 0 Å². The largest absolute Gasteiger partial charge is 0.446 e. The third-order valence-electron chi connectivity index (χ3n) is 4.76. The van der Waals surface area contributed by atoms with Crippen LogP contribution in [0.4, 0.5) is 9.59 Å². The van der Waals surface area contributed by atoms with E-state index < -0.39 is 41.8 Å². The van der Waals surface area contributed by atoms with E-state index in [0.717, 1.165) is 22.0 Å². The van der Waals surface area contributed by atoms with Crippen LogP contribution in [0.1, 0.15) is 39.2 Å². The van der Waals surface area contributed by atoms with Crippen molar-refractivity contribution in [1.82, 2.24) is 16.2 Å². The summed E-state index contributed by atoms with van der Waals surface area (Å²) in [5.74, 6) is -0.498. The average molecular weight is 562 g/mol. The lowest BCUT2D eigenvalue weighted by Gasteiger charge is -2.30. The van der Waals surface area contributed by atoms with Crippen molar-refractivity contribution in [3.8, 4) is 0 Å². The highest BCUT2D eigenvalue weighted by atomic mass is 127. The number of aliphatic hydroxyl groups excluding tert-OH is 1. The summed E-state index contributed by atoms with van der Waals surface area (Å²) in [5, 5.41) is 13.1. The van der Waals surface area contributed by atoms with E-state index in [4.69, 9.17) is 15.2 Å². The van der Waals surface area contributed by atoms with Crippen molar-refractivity contribution >= 4 is 40.7 Å². The Morgan fingerprint density at radius 2 is 1.84 bits per heavy atom. The first-order chi connectivity index (χ1) is 15.0. The van der Waals surface area contributed by atoms with Crippen molar-refractivity contribution in [2.24, 2.45) is 11.1 Å². The van der Waals surface area contributed by atoms with E-state index in [1.165, 1.54) is 0 Å². The van der Waals surface area contributed by atoms with Gasteiger partial charge in [0.05, 0.1) is 0 Å². The molecule has 1 aliphatic carbocycles. The SMILES string of the molecule is CC(C)(C)C(NC(=O)OC1CC1)C(=O)NNCC(O)C(Cc1ccc(I)cc1)OC(N)=O. The lowest BCUT2D eigenvalue weighted by molar-refractivity contribution is -0.126. The summed E-state index contributed by atoms with van der Waals surface area (Å²) in [6.45, 7) is 5.31. The topological polar surface area (TPSA) is 152 Å². The smallest absolute Gasteiger partial charge is 0.408 e. The van der Waals surface area contributed by atoms with Crippen LogP contribution < -0.4 is 21.9 Å². The van der Waals surface area contributed by atoms with Crippen LogP contribution in [0.25, 0.3) is 0 Å². The highest BCUT2D eigenvalue weighted by Crippen LogP contribution is 2.24. The van der Waals surface area contributed by atoms with Gasteiger partial charge >= 0.3 is 12.2 Å². The summed E-state index contributed by atoms with van der Waals surface area (Å²) in [7, 11) is 0. The van der Waals surface area contributed by atoms with Crippen molar-refractivity contribution < 1.29 is 29.0 Å². The Morgan fingerprint density at radius 1 is 1.22 bits per heavy atom. The van der Waals surface area contributed by atoms with Crippen molar-refractivity contribution in [1.29, 1.82) is 0 Å². The number of hydrazine groups is 1. The molecular weight excluding hydrogens is 531 g/mol. The molecule has 1 aromatic rings. The fourth-order valence-corrected chi connectivity index (χ4v) is 3.23. The zero-order valence-electron chi connectivity index (χ0n) is 18.4. The van der Waals surface area contributed by atoms with Gasteiger partial charge in [0, 0.05) is 16.5 Å². The maximum atomic E-state index is 12.6. The van der Waals surface area contributed by atoms with Crippen LogP contribution in [-0.2, 0) is 20.7 Å². The van der Waals surface area contributed by atoms with Crippen LogP contribution in [-0.4, -0.2) is 54.1 Å². The average Bonchev–Trinajstić information content (AvgIpc) is 3.49. The van der Waals surface area contributed by atoms with Gasteiger partial charge in [0.1, 0.15) is 24.4 Å². The highest BCUT2D eigenvalue weighted by molar-refractivity contribution is 14.1. The molecular formula is C21H31IN4O6. The number of hydrogen-bond donors (Lipinski definition) is 5. The van der Waals surface area contributed by atoms with Crippen LogP contribution in [0.15, 0.2) is 24.3 Å². The number of primary amides is 1. The number of hydrogen-bond acceptors (Lipinski definition) is 7. The number of carbonyl (C=O) groups excluding carboxylic acids is 3. The molecule has 3 atom stereocenters. The summed E-state index contributed by atoms with van der Waals surface area (Å²) < 4.78 is 11.3. The summed E-state index contributed by atoms with van der Waals surface area (Å²) >= 11 is 2.18. The molecule has 32 heavy (non-hydrogen) atoms. The number of halogens is 1. The molecule has 0 spiro atoms. The van der Waals surface area contributed by atoms with Gasteiger partial charge in [-0.3, -0.25) is 10.2 Å². The van der Waals surface area contributed by atoms with Gasteiger partial charge in [0.25, 0.3) is 5.91 Å². The molecule has 0 aromatic heterocycles. The number of rotatable bonds is 10. The van der Waals surface area contributed by atoms with E-state index in [9.17, 15) is 19.5 Å². The number of carbonyl (C=O) groups is 3. The van der Waals surface area contributed by atoms with Gasteiger partial charge < -0.3 is 25.6 Å². The monoisotopic (exact) mass is 562 g/mol. The second kappa shape index (κ2) is 11.7. The first-order valence-electron chi connectivity index (χ1n) is 10.3. The zero-order valence-corrected chi connectivity index (χ0v) is 20.5. The molecule has 1 saturated carbocycles. The van der Waals surface area contributed by atoms with Gasteiger partial charge in [-0.05, 0) is 58.5 Å². The molecule has 0 radical (unpaired) electrons. The van der Waals surface area contributed by atoms with Crippen LogP contribution in [0, 0.1) is 8.99 Å². The fourth-order valence-electron chi connectivity index (χ4n) is 2.87. The molecule has 0 saturated heterocycles. The maximum absolute atomic E-state index is 12.6. The van der Waals surface area contributed by atoms with E-state index in [0.29, 0.717) is 0 Å². The molecule has 11 heteroatoms. The highest BCUT2D eigenvalue weighted by Gasteiger charge is 2.35. The van der Waals surface area contributed by atoms with E-state index in [1.807, 2.05) is 24.3 Å². The van der Waals surface area contributed by atoms with Crippen LogP contribution >= 0.6 is 22.6 Å². The minimum atomic E-state index is -1.15. The third-order valence-corrected chi connectivity index (χ3v) is 5.48. The Bertz CT molecular complexity index is 794. The minimum absolute atomic E-state index is 0.0813. The molecule has 0 aliphatic heterocycles. The standard InChI is InChI=1S/C21H31IN4O6/c1-21(2,3)17(25-20(30)31-14-8-9-14)18(28)26-24-11-15(27)16(32-19(23)29)10-12-4-6-13(22)7-5-12/h4-7,14-17,24,27H,8-11H2,1-3H3,(H2,23,29)(H,25,30)(H,26,28). The van der Waals surface area contributed by atoms with Gasteiger partial charge in [-0.25, -0.2) is 15.0 Å². The number of ether oxygens (including phenoxy) is 2. The van der Waals surface area contributed by atoms with E-state index in [-0.39, 0.29) is 19.1 Å². The molecule has 1 fully saturated rings. The van der Waals surface area contributed by atoms with Crippen molar-refractivity contribution in [3.63, 3.8) is 0 Å². The summed E-state index contributed by atoms with van der Waals surface area (Å²) in [4.78, 5) is 35.9. The number of amides is 3. The van der Waals surface area contributed by atoms with Gasteiger partial charge in [0.2, 0.25) is 0 Å². The number of aliphatic hydroxyl groups is 1. The third kappa shape index (κ3) is 9.17. The van der Waals surface area contributed by atoms with E-state index in [1.54, 1.807) is 20.8 Å². The number of alkyl carbamates (subject to hydrolysis) is 1. The fraction of sp³-hybridized carbons (Fsp3) is 0.571. The van der Waals surface area contributed by atoms with Crippen molar-refractivity contribution in [2.75, 3.05) is 6.54 Å². The Hall–Kier alpha value is -2.12. The second-order valence-corrected chi connectivity index (χ2v) is 10.0. The van der Waals surface area contributed by atoms with Crippen molar-refractivity contribution in [2.45, 2.75) is 64.4 Å². The molecule has 3 unspecified atom stereocenters. The number of benzene rings is 1. The van der Waals surface area contributed by atoms with Gasteiger partial charge in [-0.2, -0.15) is 0 Å². The summed E-state index contributed by atoms with van der Waals surface area (Å²) in [5.41, 5.74) is 10.5. The normalized spacial score (nSPS) is 16.4. The maximum Gasteiger partial charge on any atom is 0.408 e. The predicted molar refractivity (Wildman–Crippen MR) is 125 cm³/mol. The Kier molecular flexibility index (Phi) is 9.52. The lowest BCUT2D eigenvalue weighted by Crippen LogP contribution is -2.57. The van der Waals surface area contributed by atoms with Gasteiger partial charge in [-0.15, -0.1) is 0 Å². The van der Waals surface area contributed by atoms with Crippen LogP contribution in [0.3, 0.4) is 0 Å². The number of nitrogens with one attached hydrogen (secondary N) is 3. The molecule has 2 rings (SSSR count). The lowest BCUT2D eigenvalue weighted by atomic mass is 9.86. The first kappa shape index (κ1) is 26.1. The molecule has 1 aliphatic rings. The quantitative estimate of drug-likeness (QED) is 0.215. The Balaban J connectivity index is 1.90. The van der Waals surface area contributed by atoms with Gasteiger partial charge in [-0.1, -0.05) is 32.9 Å². The molecule has 178 valence electrons. The molecule has 0 bridgehead atoms. The Morgan fingerprint density at radius 3 is 2.38 bits per heavy atom. The molecule has 3 amide bonds. The first-order valence-corrected chi connectivity index (χ1v) is 11.4. The summed E-state index contributed by atoms with van der Waals surface area (Å²) in [6, 6.07) is 6.65. The summed E-state index contributed by atoms with van der Waals surface area (Å²) in [6.07, 6.45) is -1.89. The van der Waals surface area contributed by atoms with E-state index >= 15 is 0 Å². The van der Waals surface area contributed by atoms with E-state index in [2.05, 4.69) is 38.8 Å². The molecule has 1 aromatic carbocycles. The molecule has 10 nitrogen and oxygen atoms in total. The predicted octanol–water partition coefficient (Wildman–Crippen LogP) is 1.58. The van der Waals surface area contributed by atoms with Gasteiger partial charge in [0.15, 0.2) is 0 Å². The molecule has 6 N–H and O–H groups in total. The molecule has 0 heterocycles. The van der Waals surface area contributed by atoms with Crippen LogP contribution in [0.5, 0.6) is 0 Å². The van der Waals surface area contributed by atoms with Crippen molar-refractivity contribution in [3.05, 3.63) is 33.4 Å². The Labute approximate surface area is 201 Å². The minimum Gasteiger partial charge on any atom is -0.446 e. The number of nitrogens with two attached hydrogens (primary N) is 1. The zero-order chi connectivity index (χ0) is 23.9. The second-order valence-electron chi connectivity index (χ2n) is 8.79.